The van der Waals surface area contributed by atoms with Gasteiger partial charge in [0.2, 0.25) is 11.8 Å². The number of carbonyl (C=O) groups excluding carboxylic acids is 2. The van der Waals surface area contributed by atoms with Crippen LogP contribution >= 0.6 is 0 Å². The molecule has 1 aliphatic rings. The zero-order valence-electron chi connectivity index (χ0n) is 13.3. The summed E-state index contributed by atoms with van der Waals surface area (Å²) in [6.45, 7) is 6.00. The summed E-state index contributed by atoms with van der Waals surface area (Å²) in [5.41, 5.74) is 5.14. The van der Waals surface area contributed by atoms with E-state index in [0.29, 0.717) is 6.42 Å². The third kappa shape index (κ3) is 3.93. The highest BCUT2D eigenvalue weighted by atomic mass is 16.2. The van der Waals surface area contributed by atoms with Crippen LogP contribution in [-0.4, -0.2) is 17.5 Å². The Morgan fingerprint density at radius 2 is 2.09 bits per heavy atom. The summed E-state index contributed by atoms with van der Waals surface area (Å²) in [5.74, 6) is 0.108. The molecule has 1 aliphatic heterocycles. The highest BCUT2D eigenvalue weighted by molar-refractivity contribution is 6.06. The fourth-order valence-corrected chi connectivity index (χ4v) is 2.56. The molecule has 22 heavy (non-hydrogen) atoms. The maximum atomic E-state index is 12.0. The zero-order valence-corrected chi connectivity index (χ0v) is 13.3. The lowest BCUT2D eigenvalue weighted by Gasteiger charge is -2.19. The predicted octanol–water partition coefficient (Wildman–Crippen LogP) is 2.92. The second-order valence-corrected chi connectivity index (χ2v) is 5.89. The maximum absolute atomic E-state index is 12.0. The molecule has 1 aromatic rings. The van der Waals surface area contributed by atoms with Crippen molar-refractivity contribution in [1.82, 2.24) is 5.43 Å². The van der Waals surface area contributed by atoms with Gasteiger partial charge in [0.05, 0.1) is 5.71 Å². The van der Waals surface area contributed by atoms with Gasteiger partial charge in [-0.05, 0) is 24.1 Å². The second kappa shape index (κ2) is 7.20. The number of anilines is 1. The van der Waals surface area contributed by atoms with Gasteiger partial charge in [0.25, 0.3) is 0 Å². The van der Waals surface area contributed by atoms with Crippen LogP contribution in [0.15, 0.2) is 29.4 Å². The number of hydrogen-bond acceptors (Lipinski definition) is 3. The summed E-state index contributed by atoms with van der Waals surface area (Å²) < 4.78 is 0. The first-order valence-electron chi connectivity index (χ1n) is 7.79. The lowest BCUT2D eigenvalue weighted by Crippen LogP contribution is -2.31. The minimum Gasteiger partial charge on any atom is -0.326 e. The molecule has 5 heteroatoms. The van der Waals surface area contributed by atoms with E-state index in [4.69, 9.17) is 0 Å². The van der Waals surface area contributed by atoms with E-state index < -0.39 is 0 Å². The Morgan fingerprint density at radius 1 is 1.41 bits per heavy atom. The predicted molar refractivity (Wildman–Crippen MR) is 87.6 cm³/mol. The first-order chi connectivity index (χ1) is 10.5. The van der Waals surface area contributed by atoms with Crippen molar-refractivity contribution in [2.45, 2.75) is 40.0 Å². The highest BCUT2D eigenvalue weighted by Gasteiger charge is 2.21. The van der Waals surface area contributed by atoms with Crippen LogP contribution in [0.5, 0.6) is 0 Å². The minimum absolute atomic E-state index is 0.0163. The fourth-order valence-electron chi connectivity index (χ4n) is 2.56. The van der Waals surface area contributed by atoms with Gasteiger partial charge in [-0.3, -0.25) is 9.59 Å². The van der Waals surface area contributed by atoms with Gasteiger partial charge in [-0.1, -0.05) is 39.3 Å². The SMILES string of the molecule is CCCC(C)C(=O)Nc1ccc(C2=NNC(=O)CC2C)cc1. The molecule has 118 valence electrons. The maximum Gasteiger partial charge on any atom is 0.240 e. The molecule has 0 spiro atoms. The fraction of sp³-hybridized carbons (Fsp3) is 0.471. The van der Waals surface area contributed by atoms with Crippen molar-refractivity contribution in [2.24, 2.45) is 16.9 Å². The van der Waals surface area contributed by atoms with Crippen molar-refractivity contribution in [3.63, 3.8) is 0 Å². The van der Waals surface area contributed by atoms with E-state index >= 15 is 0 Å². The molecule has 2 N–H and O–H groups in total. The Morgan fingerprint density at radius 3 is 2.68 bits per heavy atom. The van der Waals surface area contributed by atoms with Gasteiger partial charge >= 0.3 is 0 Å². The monoisotopic (exact) mass is 301 g/mol. The molecule has 0 fully saturated rings. The molecule has 2 unspecified atom stereocenters. The smallest absolute Gasteiger partial charge is 0.240 e. The van der Waals surface area contributed by atoms with Gasteiger partial charge in [0, 0.05) is 23.9 Å². The molecule has 0 saturated carbocycles. The number of amides is 2. The Bertz CT molecular complexity index is 578. The van der Waals surface area contributed by atoms with Gasteiger partial charge in [-0.2, -0.15) is 5.10 Å². The Labute approximate surface area is 131 Å². The summed E-state index contributed by atoms with van der Waals surface area (Å²) in [6.07, 6.45) is 2.33. The lowest BCUT2D eigenvalue weighted by atomic mass is 9.94. The largest absolute Gasteiger partial charge is 0.326 e. The molecular weight excluding hydrogens is 278 g/mol. The number of nitrogens with zero attached hydrogens (tertiary/aromatic N) is 1. The van der Waals surface area contributed by atoms with E-state index in [0.717, 1.165) is 29.8 Å². The van der Waals surface area contributed by atoms with Crippen molar-refractivity contribution in [2.75, 3.05) is 5.32 Å². The Hall–Kier alpha value is -2.17. The Kier molecular flexibility index (Phi) is 5.31. The van der Waals surface area contributed by atoms with Gasteiger partial charge < -0.3 is 5.32 Å². The summed E-state index contributed by atoms with van der Waals surface area (Å²) >= 11 is 0. The van der Waals surface area contributed by atoms with E-state index in [1.54, 1.807) is 0 Å². The van der Waals surface area contributed by atoms with Crippen LogP contribution in [0, 0.1) is 11.8 Å². The standard InChI is InChI=1S/C17H23N3O2/c1-4-5-11(2)17(22)18-14-8-6-13(7-9-14)16-12(3)10-15(21)19-20-16/h6-9,11-12H,4-5,10H2,1-3H3,(H,18,22)(H,19,21). The number of nitrogens with one attached hydrogen (secondary N) is 2. The molecule has 2 rings (SSSR count). The highest BCUT2D eigenvalue weighted by Crippen LogP contribution is 2.19. The van der Waals surface area contributed by atoms with E-state index in [-0.39, 0.29) is 23.7 Å². The quantitative estimate of drug-likeness (QED) is 0.878. The van der Waals surface area contributed by atoms with E-state index in [1.165, 1.54) is 0 Å². The summed E-state index contributed by atoms with van der Waals surface area (Å²) in [5, 5.41) is 7.06. The van der Waals surface area contributed by atoms with E-state index in [1.807, 2.05) is 38.1 Å². The summed E-state index contributed by atoms with van der Waals surface area (Å²) in [6, 6.07) is 7.59. The normalized spacial score (nSPS) is 19.1. The van der Waals surface area contributed by atoms with Crippen LogP contribution in [-0.2, 0) is 9.59 Å². The number of hydrazone groups is 1. The summed E-state index contributed by atoms with van der Waals surface area (Å²) in [7, 11) is 0. The van der Waals surface area contributed by atoms with E-state index in [9.17, 15) is 9.59 Å². The number of benzene rings is 1. The Balaban J connectivity index is 2.04. The van der Waals surface area contributed by atoms with Crippen LogP contribution in [0.3, 0.4) is 0 Å². The molecule has 2 amide bonds. The average molecular weight is 301 g/mol. The van der Waals surface area contributed by atoms with Gasteiger partial charge in [-0.25, -0.2) is 5.43 Å². The minimum atomic E-state index is -0.0509. The van der Waals surface area contributed by atoms with Crippen LogP contribution in [0.25, 0.3) is 0 Å². The van der Waals surface area contributed by atoms with Crippen molar-refractivity contribution in [3.05, 3.63) is 29.8 Å². The molecule has 5 nitrogen and oxygen atoms in total. The molecule has 0 saturated heterocycles. The van der Waals surface area contributed by atoms with Crippen LogP contribution in [0.1, 0.15) is 45.6 Å². The van der Waals surface area contributed by atoms with Crippen molar-refractivity contribution in [3.8, 4) is 0 Å². The van der Waals surface area contributed by atoms with Gasteiger partial charge in [0.15, 0.2) is 0 Å². The molecule has 0 radical (unpaired) electrons. The van der Waals surface area contributed by atoms with Gasteiger partial charge in [-0.15, -0.1) is 0 Å². The zero-order chi connectivity index (χ0) is 16.1. The number of hydrogen-bond donors (Lipinski definition) is 2. The van der Waals surface area contributed by atoms with Crippen LogP contribution in [0.4, 0.5) is 5.69 Å². The van der Waals surface area contributed by atoms with Crippen molar-refractivity contribution < 1.29 is 9.59 Å². The molecule has 1 heterocycles. The topological polar surface area (TPSA) is 70.6 Å². The lowest BCUT2D eigenvalue weighted by molar-refractivity contribution is -0.122. The second-order valence-electron chi connectivity index (χ2n) is 5.89. The molecule has 0 aromatic heterocycles. The first kappa shape index (κ1) is 16.2. The first-order valence-corrected chi connectivity index (χ1v) is 7.79. The van der Waals surface area contributed by atoms with Gasteiger partial charge in [0.1, 0.15) is 0 Å². The van der Waals surface area contributed by atoms with E-state index in [2.05, 4.69) is 22.8 Å². The number of carbonyl (C=O) groups is 2. The van der Waals surface area contributed by atoms with Crippen LogP contribution in [0.2, 0.25) is 0 Å². The van der Waals surface area contributed by atoms with Crippen LogP contribution < -0.4 is 10.7 Å². The summed E-state index contributed by atoms with van der Waals surface area (Å²) in [4.78, 5) is 23.3. The molecular formula is C17H23N3O2. The average Bonchev–Trinajstić information content (AvgIpc) is 2.48. The number of rotatable bonds is 5. The molecule has 2 atom stereocenters. The van der Waals surface area contributed by atoms with Crippen molar-refractivity contribution in [1.29, 1.82) is 0 Å². The third-order valence-electron chi connectivity index (χ3n) is 3.88. The molecule has 0 bridgehead atoms. The third-order valence-corrected chi connectivity index (χ3v) is 3.88. The molecule has 1 aromatic carbocycles. The molecule has 0 aliphatic carbocycles. The van der Waals surface area contributed by atoms with Crippen molar-refractivity contribution >= 4 is 23.2 Å².